The third-order valence-electron chi connectivity index (χ3n) is 3.91. The molecule has 2 aromatic heterocycles. The van der Waals surface area contributed by atoms with Crippen molar-refractivity contribution in [2.45, 2.75) is 13.5 Å². The second kappa shape index (κ2) is 8.19. The average molecular weight is 410 g/mol. The Labute approximate surface area is 169 Å². The van der Waals surface area contributed by atoms with E-state index < -0.39 is 5.82 Å². The molecule has 2 aromatic carbocycles. The number of benzene rings is 2. The molecule has 7 nitrogen and oxygen atoms in total. The van der Waals surface area contributed by atoms with E-state index in [0.29, 0.717) is 16.7 Å². The highest BCUT2D eigenvalue weighted by molar-refractivity contribution is 7.14. The van der Waals surface area contributed by atoms with Crippen LogP contribution in [0.1, 0.15) is 12.6 Å². The molecule has 0 atom stereocenters. The average Bonchev–Trinajstić information content (AvgIpc) is 3.38. The number of carbonyl (C=O) groups excluding carboxylic acids is 1. The number of aromatic nitrogens is 3. The fourth-order valence-corrected chi connectivity index (χ4v) is 3.47. The molecule has 1 amide bonds. The van der Waals surface area contributed by atoms with Crippen molar-refractivity contribution in [3.05, 3.63) is 71.5 Å². The van der Waals surface area contributed by atoms with Gasteiger partial charge in [-0.3, -0.25) is 9.69 Å². The number of anilines is 2. The summed E-state index contributed by atoms with van der Waals surface area (Å²) in [4.78, 5) is 17.7. The number of hydrogen-bond donors (Lipinski definition) is 0. The molecule has 0 fully saturated rings. The number of thiazole rings is 1. The predicted molar refractivity (Wildman–Crippen MR) is 105 cm³/mol. The highest BCUT2D eigenvalue weighted by atomic mass is 32.1. The molecular formula is C20H15FN4O3S. The number of amides is 1. The zero-order valence-corrected chi connectivity index (χ0v) is 16.1. The Morgan fingerprint density at radius 2 is 1.90 bits per heavy atom. The van der Waals surface area contributed by atoms with Gasteiger partial charge in [0.15, 0.2) is 5.13 Å². The molecule has 4 rings (SSSR count). The number of nitrogens with zero attached hydrogens (tertiary/aromatic N) is 4. The molecule has 29 heavy (non-hydrogen) atoms. The lowest BCUT2D eigenvalue weighted by Gasteiger charge is -2.18. The molecule has 146 valence electrons. The van der Waals surface area contributed by atoms with E-state index >= 15 is 0 Å². The van der Waals surface area contributed by atoms with Gasteiger partial charge < -0.3 is 9.15 Å². The molecule has 0 bridgehead atoms. The van der Waals surface area contributed by atoms with Crippen molar-refractivity contribution in [1.82, 2.24) is 15.2 Å². The maximum atomic E-state index is 14.1. The van der Waals surface area contributed by atoms with E-state index in [9.17, 15) is 9.18 Å². The van der Waals surface area contributed by atoms with E-state index in [1.807, 2.05) is 30.3 Å². The molecule has 0 aliphatic heterocycles. The number of carbonyl (C=O) groups is 1. The number of ether oxygens (including phenoxy) is 1. The molecule has 0 spiro atoms. The molecule has 2 heterocycles. The summed E-state index contributed by atoms with van der Waals surface area (Å²) in [5.74, 6) is -0.502. The quantitative estimate of drug-likeness (QED) is 0.462. The van der Waals surface area contributed by atoms with E-state index in [4.69, 9.17) is 9.15 Å². The number of halogens is 1. The first-order valence-corrected chi connectivity index (χ1v) is 9.51. The Bertz CT molecular complexity index is 1130. The van der Waals surface area contributed by atoms with Crippen LogP contribution in [0.4, 0.5) is 15.2 Å². The Morgan fingerprint density at radius 1 is 1.14 bits per heavy atom. The van der Waals surface area contributed by atoms with Gasteiger partial charge in [0.1, 0.15) is 12.4 Å². The van der Waals surface area contributed by atoms with Gasteiger partial charge in [0.2, 0.25) is 5.91 Å². The maximum absolute atomic E-state index is 14.1. The summed E-state index contributed by atoms with van der Waals surface area (Å²) in [6, 6.07) is 15.4. The zero-order chi connectivity index (χ0) is 20.2. The Hall–Kier alpha value is -3.59. The van der Waals surface area contributed by atoms with Crippen LogP contribution in [-0.2, 0) is 11.4 Å². The highest BCUT2D eigenvalue weighted by Gasteiger charge is 2.21. The smallest absolute Gasteiger partial charge is 0.415 e. The van der Waals surface area contributed by atoms with Gasteiger partial charge in [-0.25, -0.2) is 9.37 Å². The summed E-state index contributed by atoms with van der Waals surface area (Å²) in [5, 5.41) is 9.88. The third kappa shape index (κ3) is 4.14. The van der Waals surface area contributed by atoms with E-state index in [1.54, 1.807) is 17.5 Å². The van der Waals surface area contributed by atoms with Gasteiger partial charge in [0.05, 0.1) is 11.4 Å². The summed E-state index contributed by atoms with van der Waals surface area (Å²) in [5.41, 5.74) is 1.48. The van der Waals surface area contributed by atoms with Crippen molar-refractivity contribution in [2.75, 3.05) is 4.90 Å². The Morgan fingerprint density at radius 3 is 2.66 bits per heavy atom. The topological polar surface area (TPSA) is 81.4 Å². The van der Waals surface area contributed by atoms with E-state index in [2.05, 4.69) is 15.2 Å². The zero-order valence-electron chi connectivity index (χ0n) is 15.3. The summed E-state index contributed by atoms with van der Waals surface area (Å²) in [6.45, 7) is 1.42. The lowest BCUT2D eigenvalue weighted by atomic mass is 10.2. The molecule has 0 aliphatic rings. The molecule has 0 saturated heterocycles. The summed E-state index contributed by atoms with van der Waals surface area (Å²) in [7, 11) is 0. The van der Waals surface area contributed by atoms with Crippen molar-refractivity contribution in [1.29, 1.82) is 0 Å². The van der Waals surface area contributed by atoms with Crippen LogP contribution in [0.15, 0.2) is 64.4 Å². The molecule has 0 N–H and O–H groups in total. The first kappa shape index (κ1) is 18.8. The lowest BCUT2D eigenvalue weighted by molar-refractivity contribution is -0.115. The van der Waals surface area contributed by atoms with Crippen LogP contribution >= 0.6 is 11.3 Å². The van der Waals surface area contributed by atoms with Gasteiger partial charge in [-0.05, 0) is 24.3 Å². The van der Waals surface area contributed by atoms with Gasteiger partial charge in [-0.15, -0.1) is 16.4 Å². The Balaban J connectivity index is 1.47. The molecule has 4 aromatic rings. The van der Waals surface area contributed by atoms with Crippen LogP contribution in [0.2, 0.25) is 0 Å². The molecule has 0 unspecified atom stereocenters. The van der Waals surface area contributed by atoms with Crippen LogP contribution in [-0.4, -0.2) is 21.1 Å². The van der Waals surface area contributed by atoms with Crippen LogP contribution < -0.4 is 9.64 Å². The highest BCUT2D eigenvalue weighted by Crippen LogP contribution is 2.31. The monoisotopic (exact) mass is 410 g/mol. The van der Waals surface area contributed by atoms with Crippen molar-refractivity contribution in [3.63, 3.8) is 0 Å². The van der Waals surface area contributed by atoms with Gasteiger partial charge >= 0.3 is 6.08 Å². The summed E-state index contributed by atoms with van der Waals surface area (Å²) < 4.78 is 25.1. The lowest BCUT2D eigenvalue weighted by Crippen LogP contribution is -2.23. The largest absolute Gasteiger partial charge is 0.442 e. The second-order valence-corrected chi connectivity index (χ2v) is 6.79. The molecule has 0 aliphatic carbocycles. The van der Waals surface area contributed by atoms with E-state index in [0.717, 1.165) is 5.56 Å². The standard InChI is InChI=1S/C20H15FN4O3S/c1-13(26)25(17-10-6-5-9-16(17)21)19-22-15(12-29-19)11-27-20-24-23-18(28-20)14-7-3-2-4-8-14/h2-10,12H,11H2,1H3. The van der Waals surface area contributed by atoms with Crippen LogP contribution in [0.5, 0.6) is 6.08 Å². The van der Waals surface area contributed by atoms with Gasteiger partial charge in [-0.1, -0.05) is 35.4 Å². The normalized spacial score (nSPS) is 10.7. The van der Waals surface area contributed by atoms with Crippen molar-refractivity contribution < 1.29 is 18.3 Å². The molecule has 0 radical (unpaired) electrons. The SMILES string of the molecule is CC(=O)N(c1nc(COc2nnc(-c3ccccc3)o2)cs1)c1ccccc1F. The summed E-state index contributed by atoms with van der Waals surface area (Å²) >= 11 is 1.21. The van der Waals surface area contributed by atoms with Crippen LogP contribution in [0.3, 0.4) is 0 Å². The minimum atomic E-state index is -0.505. The first-order chi connectivity index (χ1) is 14.1. The van der Waals surface area contributed by atoms with Gasteiger partial charge in [0.25, 0.3) is 5.89 Å². The van der Waals surface area contributed by atoms with Gasteiger partial charge in [-0.2, -0.15) is 0 Å². The molecule has 9 heteroatoms. The fourth-order valence-electron chi connectivity index (χ4n) is 2.61. The minimum Gasteiger partial charge on any atom is -0.442 e. The van der Waals surface area contributed by atoms with Crippen molar-refractivity contribution >= 4 is 28.1 Å². The minimum absolute atomic E-state index is 0.0101. The Kier molecular flexibility index (Phi) is 5.30. The van der Waals surface area contributed by atoms with Crippen molar-refractivity contribution in [2.24, 2.45) is 0 Å². The maximum Gasteiger partial charge on any atom is 0.415 e. The third-order valence-corrected chi connectivity index (χ3v) is 4.78. The van der Waals surface area contributed by atoms with Gasteiger partial charge in [0, 0.05) is 17.9 Å². The van der Waals surface area contributed by atoms with E-state index in [-0.39, 0.29) is 24.3 Å². The molecular weight excluding hydrogens is 395 g/mol. The first-order valence-electron chi connectivity index (χ1n) is 8.63. The fraction of sp³-hybridized carbons (Fsp3) is 0.100. The molecule has 0 saturated carbocycles. The van der Waals surface area contributed by atoms with Crippen molar-refractivity contribution in [3.8, 4) is 17.5 Å². The second-order valence-electron chi connectivity index (χ2n) is 5.96. The predicted octanol–water partition coefficient (Wildman–Crippen LogP) is 4.60. The number of hydrogen-bond acceptors (Lipinski definition) is 7. The van der Waals surface area contributed by atoms with Crippen LogP contribution in [0.25, 0.3) is 11.5 Å². The van der Waals surface area contributed by atoms with E-state index in [1.165, 1.54) is 35.3 Å². The summed E-state index contributed by atoms with van der Waals surface area (Å²) in [6.07, 6.45) is 0.0101. The number of para-hydroxylation sites is 1. The van der Waals surface area contributed by atoms with Crippen LogP contribution in [0, 0.1) is 5.82 Å². The number of rotatable bonds is 6.